The lowest BCUT2D eigenvalue weighted by atomic mass is 10.1. The summed E-state index contributed by atoms with van der Waals surface area (Å²) in [6, 6.07) is 10.1. The number of carbonyl (C=O) groups excluding carboxylic acids is 1. The number of hydrogen-bond acceptors (Lipinski definition) is 8. The van der Waals surface area contributed by atoms with E-state index in [0.717, 1.165) is 48.7 Å². The number of pyridine rings is 1. The summed E-state index contributed by atoms with van der Waals surface area (Å²) in [4.78, 5) is 21.4. The molecule has 5 rings (SSSR count). The summed E-state index contributed by atoms with van der Waals surface area (Å²) in [5, 5.41) is 11.3. The number of aldehydes is 1. The smallest absolute Gasteiger partial charge is 0.272 e. The van der Waals surface area contributed by atoms with Gasteiger partial charge in [0.2, 0.25) is 5.82 Å². The zero-order valence-electron chi connectivity index (χ0n) is 23.7. The number of alkyl halides is 2. The van der Waals surface area contributed by atoms with E-state index >= 15 is 0 Å². The lowest BCUT2D eigenvalue weighted by molar-refractivity contribution is 0.0171. The molecule has 0 radical (unpaired) electrons. The molecule has 11 heteroatoms. The van der Waals surface area contributed by atoms with Crippen LogP contribution in [0.15, 0.2) is 53.3 Å². The summed E-state index contributed by atoms with van der Waals surface area (Å²) in [6.45, 7) is 9.68. The van der Waals surface area contributed by atoms with E-state index in [4.69, 9.17) is 4.52 Å². The first-order valence-corrected chi connectivity index (χ1v) is 13.2. The van der Waals surface area contributed by atoms with Gasteiger partial charge in [-0.2, -0.15) is 10.1 Å². The molecule has 40 heavy (non-hydrogen) atoms. The van der Waals surface area contributed by atoms with Crippen LogP contribution in [0, 0.1) is 6.92 Å². The molecule has 1 N–H and O–H groups in total. The summed E-state index contributed by atoms with van der Waals surface area (Å²) in [5.41, 5.74) is 3.91. The Morgan fingerprint density at radius 2 is 1.95 bits per heavy atom. The molecule has 0 aliphatic carbocycles. The number of nitrogens with one attached hydrogen (secondary N) is 1. The Hall–Kier alpha value is -3.83. The third-order valence-corrected chi connectivity index (χ3v) is 6.38. The molecule has 3 aromatic heterocycles. The number of nitrogens with zero attached hydrogens (tertiary/aromatic N) is 6. The van der Waals surface area contributed by atoms with Gasteiger partial charge in [0.1, 0.15) is 6.29 Å². The van der Waals surface area contributed by atoms with Gasteiger partial charge in [-0.25, -0.2) is 8.78 Å². The molecule has 9 nitrogen and oxygen atoms in total. The minimum Gasteiger partial charge on any atom is -0.333 e. The summed E-state index contributed by atoms with van der Waals surface area (Å²) in [7, 11) is 3.88. The summed E-state index contributed by atoms with van der Waals surface area (Å²) in [5.74, 6) is -1.88. The maximum absolute atomic E-state index is 12.5. The lowest BCUT2D eigenvalue weighted by Gasteiger charge is -2.30. The summed E-state index contributed by atoms with van der Waals surface area (Å²) >= 11 is 0. The molecule has 0 bridgehead atoms. The molecule has 0 unspecified atom stereocenters. The standard InChI is InChI=1S/C15H14N4O2.C8H9F2N.C6H14N2/c1-3-13-12(8-16-19(13)2)15-17-14(18-21-15)11-6-4-5-10(7-11)9-20;1-6-3-4-7(5-11-6)8(2,9)10;1-7-3-6-8-4-2-5-8/h4-9H,3H2,1-2H3;3-5H,1-2H3;7H,2-6H2,1H3. The Labute approximate surface area is 233 Å². The first kappa shape index (κ1) is 30.7. The highest BCUT2D eigenvalue weighted by molar-refractivity contribution is 5.77. The van der Waals surface area contributed by atoms with Gasteiger partial charge >= 0.3 is 0 Å². The fourth-order valence-corrected chi connectivity index (χ4v) is 3.86. The van der Waals surface area contributed by atoms with Crippen LogP contribution in [0.1, 0.15) is 47.6 Å². The fourth-order valence-electron chi connectivity index (χ4n) is 3.86. The van der Waals surface area contributed by atoms with E-state index in [1.54, 1.807) is 42.1 Å². The third kappa shape index (κ3) is 8.59. The highest BCUT2D eigenvalue weighted by Gasteiger charge is 2.24. The van der Waals surface area contributed by atoms with Crippen molar-refractivity contribution in [3.05, 3.63) is 71.3 Å². The van der Waals surface area contributed by atoms with Crippen molar-refractivity contribution >= 4 is 6.29 Å². The van der Waals surface area contributed by atoms with Crippen LogP contribution in [0.25, 0.3) is 22.8 Å². The van der Waals surface area contributed by atoms with Crippen LogP contribution < -0.4 is 5.32 Å². The van der Waals surface area contributed by atoms with Crippen molar-refractivity contribution in [3.8, 4) is 22.8 Å². The van der Waals surface area contributed by atoms with Crippen molar-refractivity contribution in [1.29, 1.82) is 0 Å². The highest BCUT2D eigenvalue weighted by atomic mass is 19.3. The predicted molar refractivity (Wildman–Crippen MR) is 150 cm³/mol. The molecule has 0 amide bonds. The Balaban J connectivity index is 0.000000193. The second kappa shape index (κ2) is 14.5. The molecule has 1 saturated heterocycles. The first-order chi connectivity index (χ1) is 19.2. The van der Waals surface area contributed by atoms with Crippen molar-refractivity contribution in [2.45, 2.75) is 39.5 Å². The van der Waals surface area contributed by atoms with Crippen molar-refractivity contribution in [2.75, 3.05) is 33.2 Å². The van der Waals surface area contributed by atoms with Crippen molar-refractivity contribution < 1.29 is 18.1 Å². The minimum absolute atomic E-state index is 0.0388. The second-order valence-electron chi connectivity index (χ2n) is 9.52. The average Bonchev–Trinajstić information content (AvgIpc) is 3.55. The zero-order chi connectivity index (χ0) is 29.1. The van der Waals surface area contributed by atoms with Gasteiger partial charge in [-0.05, 0) is 58.1 Å². The Bertz CT molecular complexity index is 1340. The molecule has 1 aromatic carbocycles. The number of rotatable bonds is 8. The largest absolute Gasteiger partial charge is 0.333 e. The quantitative estimate of drug-likeness (QED) is 0.307. The molecule has 4 aromatic rings. The molecule has 0 spiro atoms. The van der Waals surface area contributed by atoms with E-state index in [-0.39, 0.29) is 5.56 Å². The number of aryl methyl sites for hydroxylation is 2. The first-order valence-electron chi connectivity index (χ1n) is 13.2. The Morgan fingerprint density at radius 3 is 2.52 bits per heavy atom. The van der Waals surface area contributed by atoms with Crippen LogP contribution in [0.2, 0.25) is 0 Å². The van der Waals surface area contributed by atoms with Crippen molar-refractivity contribution in [2.24, 2.45) is 7.05 Å². The molecule has 4 heterocycles. The average molecular weight is 554 g/mol. The van der Waals surface area contributed by atoms with Gasteiger partial charge in [0.15, 0.2) is 0 Å². The van der Waals surface area contributed by atoms with E-state index in [1.165, 1.54) is 38.3 Å². The fraction of sp³-hybridized carbons (Fsp3) is 0.414. The molecule has 1 aliphatic heterocycles. The van der Waals surface area contributed by atoms with Gasteiger partial charge in [-0.15, -0.1) is 0 Å². The lowest BCUT2D eigenvalue weighted by Crippen LogP contribution is -2.40. The van der Waals surface area contributed by atoms with E-state index in [0.29, 0.717) is 17.3 Å². The summed E-state index contributed by atoms with van der Waals surface area (Å²) in [6.07, 6.45) is 5.95. The maximum Gasteiger partial charge on any atom is 0.272 e. The molecule has 1 aliphatic rings. The van der Waals surface area contributed by atoms with Gasteiger partial charge in [-0.1, -0.05) is 30.3 Å². The number of carbonyl (C=O) groups is 1. The van der Waals surface area contributed by atoms with Gasteiger partial charge in [0, 0.05) is 55.6 Å². The number of likely N-dealkylation sites (N-methyl/N-ethyl adjacent to an activating group) is 1. The van der Waals surface area contributed by atoms with E-state index in [2.05, 4.69) is 30.4 Å². The van der Waals surface area contributed by atoms with Crippen LogP contribution in [0.3, 0.4) is 0 Å². The van der Waals surface area contributed by atoms with E-state index < -0.39 is 5.92 Å². The molecular weight excluding hydrogens is 516 g/mol. The molecule has 0 atom stereocenters. The number of benzene rings is 1. The summed E-state index contributed by atoms with van der Waals surface area (Å²) < 4.78 is 32.2. The highest BCUT2D eigenvalue weighted by Crippen LogP contribution is 2.26. The van der Waals surface area contributed by atoms with Crippen LogP contribution in [0.4, 0.5) is 8.78 Å². The number of hydrogen-bond donors (Lipinski definition) is 1. The zero-order valence-corrected chi connectivity index (χ0v) is 23.7. The van der Waals surface area contributed by atoms with Crippen LogP contribution in [-0.2, 0) is 19.4 Å². The van der Waals surface area contributed by atoms with Gasteiger partial charge in [0.05, 0.1) is 17.5 Å². The Kier molecular flexibility index (Phi) is 11.2. The van der Waals surface area contributed by atoms with Gasteiger partial charge in [0.25, 0.3) is 11.8 Å². The predicted octanol–water partition coefficient (Wildman–Crippen LogP) is 4.93. The molecule has 1 fully saturated rings. The minimum atomic E-state index is -2.78. The topological polar surface area (TPSA) is 102 Å². The van der Waals surface area contributed by atoms with E-state index in [9.17, 15) is 13.6 Å². The SMILES string of the molecule is CCc1c(-c2nc(-c3cccc(C=O)c3)no2)cnn1C.CNCCN1CCC1.Cc1ccc(C(C)(F)F)cn1. The van der Waals surface area contributed by atoms with Crippen LogP contribution in [0.5, 0.6) is 0 Å². The number of likely N-dealkylation sites (tertiary alicyclic amines) is 1. The molecule has 0 saturated carbocycles. The van der Waals surface area contributed by atoms with Crippen molar-refractivity contribution in [3.63, 3.8) is 0 Å². The molecule has 214 valence electrons. The monoisotopic (exact) mass is 553 g/mol. The maximum atomic E-state index is 12.5. The van der Waals surface area contributed by atoms with Gasteiger partial charge < -0.3 is 14.7 Å². The van der Waals surface area contributed by atoms with Crippen LogP contribution in [-0.4, -0.2) is 69.3 Å². The van der Waals surface area contributed by atoms with E-state index in [1.807, 2.05) is 27.1 Å². The second-order valence-corrected chi connectivity index (χ2v) is 9.52. The molecular formula is C29H37F2N7O2. The number of aromatic nitrogens is 5. The van der Waals surface area contributed by atoms with Crippen molar-refractivity contribution in [1.82, 2.24) is 35.1 Å². The number of halogens is 2. The Morgan fingerprint density at radius 1 is 1.18 bits per heavy atom. The third-order valence-electron chi connectivity index (χ3n) is 6.38. The normalized spacial score (nSPS) is 13.0. The van der Waals surface area contributed by atoms with Crippen LogP contribution >= 0.6 is 0 Å². The van der Waals surface area contributed by atoms with Gasteiger partial charge in [-0.3, -0.25) is 14.5 Å².